The Kier molecular flexibility index (Phi) is 10.2. The summed E-state index contributed by atoms with van der Waals surface area (Å²) >= 11 is 0. The maximum atomic E-state index is 9.51. The molecule has 1 aromatic rings. The zero-order chi connectivity index (χ0) is 30.1. The lowest BCUT2D eigenvalue weighted by molar-refractivity contribution is -0.283. The maximum absolute atomic E-state index is 9.51. The smallest absolute Gasteiger partial charge is 0.118 e. The minimum absolute atomic E-state index is 0.368. The molecule has 0 bridgehead atoms. The average Bonchev–Trinajstić information content (AvgIpc) is 3.29. The van der Waals surface area contributed by atoms with Crippen LogP contribution in [-0.4, -0.2) is 18.0 Å². The molecule has 10 unspecified atom stereocenters. The molecule has 0 heterocycles. The molecule has 4 saturated carbocycles. The third kappa shape index (κ3) is 6.54. The lowest BCUT2D eigenvalue weighted by Gasteiger charge is -2.61. The van der Waals surface area contributed by atoms with Gasteiger partial charge in [-0.3, -0.25) is 5.26 Å². The van der Waals surface area contributed by atoms with Crippen LogP contribution < -0.4 is 11.5 Å². The summed E-state index contributed by atoms with van der Waals surface area (Å²) in [7, 11) is 0. The van der Waals surface area contributed by atoms with Crippen LogP contribution in [0.4, 0.5) is 11.4 Å². The summed E-state index contributed by atoms with van der Waals surface area (Å²) in [4.78, 5) is 4.79. The number of nitrogens with two attached hydrogens (primary N) is 2. The van der Waals surface area contributed by atoms with E-state index in [1.165, 1.54) is 77.0 Å². The average molecular weight is 583 g/mol. The molecule has 0 radical (unpaired) electrons. The molecule has 5 heteroatoms. The third-order valence-electron chi connectivity index (χ3n) is 13.3. The summed E-state index contributed by atoms with van der Waals surface area (Å²) in [5, 5.41) is 9.51. The molecule has 5 nitrogen and oxygen atoms in total. The molecule has 4 fully saturated rings. The van der Waals surface area contributed by atoms with Gasteiger partial charge in [0, 0.05) is 18.0 Å². The van der Waals surface area contributed by atoms with E-state index in [1.807, 2.05) is 12.1 Å². The quantitative estimate of drug-likeness (QED) is 0.0987. The number of ether oxygens (including phenoxy) is 1. The SMILES string of the molecule is CC(C)CCCC(C)C1CCC2C3CCC4CC(OCCCC(OO)c5cc(N)cc(N)c5)CCC4(C)C3CCC12C. The Hall–Kier alpha value is -1.30. The highest BCUT2D eigenvalue weighted by atomic mass is 17.1. The van der Waals surface area contributed by atoms with Crippen molar-refractivity contribution in [2.24, 2.45) is 52.3 Å². The minimum atomic E-state index is -0.431. The zero-order valence-electron chi connectivity index (χ0n) is 27.5. The van der Waals surface area contributed by atoms with Crippen molar-refractivity contribution in [2.45, 2.75) is 137 Å². The molecule has 0 aliphatic heterocycles. The molecule has 5 N–H and O–H groups in total. The highest BCUT2D eigenvalue weighted by Crippen LogP contribution is 2.68. The van der Waals surface area contributed by atoms with E-state index in [-0.39, 0.29) is 0 Å². The molecular weight excluding hydrogens is 520 g/mol. The molecule has 0 saturated heterocycles. The van der Waals surface area contributed by atoms with Gasteiger partial charge in [-0.2, -0.15) is 0 Å². The Balaban J connectivity index is 1.12. The van der Waals surface area contributed by atoms with Crippen LogP contribution in [0.5, 0.6) is 0 Å². The monoisotopic (exact) mass is 582 g/mol. The first-order chi connectivity index (χ1) is 20.0. The van der Waals surface area contributed by atoms with Crippen molar-refractivity contribution in [1.82, 2.24) is 0 Å². The first kappa shape index (κ1) is 32.1. The van der Waals surface area contributed by atoms with Gasteiger partial charge < -0.3 is 16.2 Å². The summed E-state index contributed by atoms with van der Waals surface area (Å²) < 4.78 is 6.48. The summed E-state index contributed by atoms with van der Waals surface area (Å²) in [6, 6.07) is 5.37. The van der Waals surface area contributed by atoms with Gasteiger partial charge in [-0.05, 0) is 147 Å². The number of hydrogen-bond acceptors (Lipinski definition) is 5. The van der Waals surface area contributed by atoms with E-state index >= 15 is 0 Å². The highest BCUT2D eigenvalue weighted by molar-refractivity contribution is 5.54. The second-order valence-electron chi connectivity index (χ2n) is 16.1. The van der Waals surface area contributed by atoms with Crippen molar-refractivity contribution in [3.63, 3.8) is 0 Å². The normalized spacial score (nSPS) is 37.6. The van der Waals surface area contributed by atoms with E-state index < -0.39 is 6.10 Å². The Morgan fingerprint density at radius 1 is 0.833 bits per heavy atom. The summed E-state index contributed by atoms with van der Waals surface area (Å²) in [5.41, 5.74) is 14.9. The second-order valence-corrected chi connectivity index (χ2v) is 16.1. The second kappa shape index (κ2) is 13.4. The van der Waals surface area contributed by atoms with Crippen LogP contribution in [0.15, 0.2) is 18.2 Å². The van der Waals surface area contributed by atoms with Crippen molar-refractivity contribution in [1.29, 1.82) is 0 Å². The molecule has 238 valence electrons. The van der Waals surface area contributed by atoms with E-state index in [2.05, 4.69) is 34.6 Å². The van der Waals surface area contributed by atoms with Crippen LogP contribution in [0.2, 0.25) is 0 Å². The number of nitrogen functional groups attached to an aromatic ring is 2. The van der Waals surface area contributed by atoms with Gasteiger partial charge in [0.25, 0.3) is 0 Å². The first-order valence-electron chi connectivity index (χ1n) is 17.6. The lowest BCUT2D eigenvalue weighted by Crippen LogP contribution is -2.54. The summed E-state index contributed by atoms with van der Waals surface area (Å²) in [5.74, 6) is 6.29. The lowest BCUT2D eigenvalue weighted by atomic mass is 9.44. The Morgan fingerprint density at radius 2 is 1.55 bits per heavy atom. The van der Waals surface area contributed by atoms with Gasteiger partial charge in [-0.25, -0.2) is 4.89 Å². The first-order valence-corrected chi connectivity index (χ1v) is 17.6. The van der Waals surface area contributed by atoms with E-state index in [1.54, 1.807) is 6.07 Å². The van der Waals surface area contributed by atoms with Gasteiger partial charge in [0.05, 0.1) is 6.10 Å². The highest BCUT2D eigenvalue weighted by Gasteiger charge is 2.60. The van der Waals surface area contributed by atoms with Crippen LogP contribution in [0, 0.1) is 52.3 Å². The molecule has 10 atom stereocenters. The molecule has 4 aliphatic carbocycles. The van der Waals surface area contributed by atoms with Crippen molar-refractivity contribution in [2.75, 3.05) is 18.1 Å². The number of hydrogen-bond donors (Lipinski definition) is 3. The van der Waals surface area contributed by atoms with Crippen molar-refractivity contribution < 1.29 is 14.9 Å². The van der Waals surface area contributed by atoms with Crippen LogP contribution in [0.1, 0.15) is 136 Å². The van der Waals surface area contributed by atoms with Crippen molar-refractivity contribution in [3.8, 4) is 0 Å². The largest absolute Gasteiger partial charge is 0.399 e. The topological polar surface area (TPSA) is 90.7 Å². The van der Waals surface area contributed by atoms with Crippen molar-refractivity contribution >= 4 is 11.4 Å². The van der Waals surface area contributed by atoms with Gasteiger partial charge in [0.1, 0.15) is 6.10 Å². The van der Waals surface area contributed by atoms with E-state index in [0.29, 0.717) is 41.3 Å². The van der Waals surface area contributed by atoms with Crippen LogP contribution >= 0.6 is 0 Å². The predicted octanol–water partition coefficient (Wildman–Crippen LogP) is 9.67. The molecule has 0 aromatic heterocycles. The fraction of sp³-hybridized carbons (Fsp3) is 0.838. The Morgan fingerprint density at radius 3 is 2.26 bits per heavy atom. The van der Waals surface area contributed by atoms with Gasteiger partial charge in [-0.1, -0.05) is 53.9 Å². The number of rotatable bonds is 12. The van der Waals surface area contributed by atoms with Gasteiger partial charge in [-0.15, -0.1) is 0 Å². The summed E-state index contributed by atoms with van der Waals surface area (Å²) in [6.07, 6.45) is 18.2. The molecule has 5 rings (SSSR count). The zero-order valence-corrected chi connectivity index (χ0v) is 27.5. The van der Waals surface area contributed by atoms with E-state index in [9.17, 15) is 5.26 Å². The molecular formula is C37H62N2O3. The van der Waals surface area contributed by atoms with Gasteiger partial charge >= 0.3 is 0 Å². The molecule has 42 heavy (non-hydrogen) atoms. The maximum Gasteiger partial charge on any atom is 0.118 e. The Labute approximate surface area is 256 Å². The van der Waals surface area contributed by atoms with Crippen LogP contribution in [0.25, 0.3) is 0 Å². The predicted molar refractivity (Wildman–Crippen MR) is 174 cm³/mol. The molecule has 4 aliphatic rings. The van der Waals surface area contributed by atoms with Gasteiger partial charge in [0.15, 0.2) is 0 Å². The Bertz CT molecular complexity index is 1010. The van der Waals surface area contributed by atoms with E-state index in [4.69, 9.17) is 21.1 Å². The van der Waals surface area contributed by atoms with Crippen LogP contribution in [0.3, 0.4) is 0 Å². The third-order valence-corrected chi connectivity index (χ3v) is 13.3. The summed E-state index contributed by atoms with van der Waals surface area (Å²) in [6.45, 7) is 13.4. The fourth-order valence-corrected chi connectivity index (χ4v) is 11.1. The van der Waals surface area contributed by atoms with Crippen LogP contribution in [-0.2, 0) is 9.62 Å². The molecule has 1 aromatic carbocycles. The van der Waals surface area contributed by atoms with Gasteiger partial charge in [0.2, 0.25) is 0 Å². The van der Waals surface area contributed by atoms with E-state index in [0.717, 1.165) is 53.4 Å². The minimum Gasteiger partial charge on any atom is -0.399 e. The number of fused-ring (bicyclic) bond motifs is 5. The molecule has 0 spiro atoms. The fourth-order valence-electron chi connectivity index (χ4n) is 11.1. The molecule has 0 amide bonds. The number of anilines is 2. The van der Waals surface area contributed by atoms with Crippen molar-refractivity contribution in [3.05, 3.63) is 23.8 Å². The number of benzene rings is 1. The standard InChI is InChI=1S/C37H62N2O3/c1-24(2)8-6-9-25(3)32-13-14-33-31-12-11-27-22-30(15-17-36(27,4)34(31)16-18-37(32,33)5)41-19-7-10-35(42-40)26-20-28(38)23-29(39)21-26/h20-21,23-25,27,30-35,40H,6-19,22,38-39H2,1-5H3.